The fraction of sp³-hybridized carbons (Fsp3) is 0.143. The van der Waals surface area contributed by atoms with E-state index in [9.17, 15) is 5.11 Å². The van der Waals surface area contributed by atoms with Gasteiger partial charge in [0.25, 0.3) is 0 Å². The molecule has 0 spiro atoms. The molecule has 2 aromatic heterocycles. The van der Waals surface area contributed by atoms with E-state index in [0.717, 1.165) is 17.0 Å². The molecular formula is C14H13ClN4O. The molecule has 102 valence electrons. The molecule has 5 nitrogen and oxygen atoms in total. The van der Waals surface area contributed by atoms with Crippen LogP contribution < -0.4 is 5.32 Å². The smallest absolute Gasteiger partial charge is 0.160 e. The highest BCUT2D eigenvalue weighted by Crippen LogP contribution is 2.21. The van der Waals surface area contributed by atoms with Crippen molar-refractivity contribution in [3.05, 3.63) is 59.0 Å². The van der Waals surface area contributed by atoms with Gasteiger partial charge in [-0.3, -0.25) is 4.40 Å². The fourth-order valence-corrected chi connectivity index (χ4v) is 2.21. The molecule has 0 unspecified atom stereocenters. The average Bonchev–Trinajstić information content (AvgIpc) is 2.86. The average molecular weight is 289 g/mol. The van der Waals surface area contributed by atoms with Crippen LogP contribution in [-0.4, -0.2) is 19.7 Å². The van der Waals surface area contributed by atoms with Gasteiger partial charge in [0.1, 0.15) is 5.75 Å². The number of phenolic OH excluding ortho intramolecular Hbond substituents is 1. The highest BCUT2D eigenvalue weighted by atomic mass is 35.5. The molecule has 0 saturated heterocycles. The van der Waals surface area contributed by atoms with Crippen molar-refractivity contribution in [1.82, 2.24) is 19.9 Å². The Balaban J connectivity index is 1.69. The fourth-order valence-electron chi connectivity index (χ4n) is 2.02. The van der Waals surface area contributed by atoms with Crippen LogP contribution in [0.5, 0.6) is 5.75 Å². The van der Waals surface area contributed by atoms with Crippen molar-refractivity contribution in [1.29, 1.82) is 0 Å². The van der Waals surface area contributed by atoms with Gasteiger partial charge in [0.15, 0.2) is 11.5 Å². The van der Waals surface area contributed by atoms with Crippen LogP contribution in [-0.2, 0) is 13.1 Å². The second-order valence-corrected chi connectivity index (χ2v) is 4.86. The molecule has 2 N–H and O–H groups in total. The maximum atomic E-state index is 9.73. The van der Waals surface area contributed by atoms with E-state index < -0.39 is 0 Å². The van der Waals surface area contributed by atoms with Gasteiger partial charge in [-0.2, -0.15) is 0 Å². The lowest BCUT2D eigenvalue weighted by molar-refractivity contribution is 0.464. The number of hydrogen-bond donors (Lipinski definition) is 2. The standard InChI is InChI=1S/C14H13ClN4O/c15-11-4-5-12(20)10(7-11)8-16-9-14-18-17-13-3-1-2-6-19(13)14/h1-7,16,20H,8-9H2. The van der Waals surface area contributed by atoms with Gasteiger partial charge in [-0.05, 0) is 30.3 Å². The molecule has 20 heavy (non-hydrogen) atoms. The van der Waals surface area contributed by atoms with Crippen molar-refractivity contribution >= 4 is 17.2 Å². The summed E-state index contributed by atoms with van der Waals surface area (Å²) in [5.74, 6) is 1.05. The van der Waals surface area contributed by atoms with E-state index in [1.165, 1.54) is 0 Å². The van der Waals surface area contributed by atoms with Crippen molar-refractivity contribution in [3.63, 3.8) is 0 Å². The minimum absolute atomic E-state index is 0.230. The quantitative estimate of drug-likeness (QED) is 0.774. The van der Waals surface area contributed by atoms with Crippen molar-refractivity contribution in [3.8, 4) is 5.75 Å². The first-order valence-electron chi connectivity index (χ1n) is 6.21. The first-order chi connectivity index (χ1) is 9.74. The maximum absolute atomic E-state index is 9.73. The topological polar surface area (TPSA) is 62.5 Å². The number of aromatic nitrogens is 3. The minimum atomic E-state index is 0.230. The van der Waals surface area contributed by atoms with Crippen LogP contribution in [0.15, 0.2) is 42.6 Å². The lowest BCUT2D eigenvalue weighted by atomic mass is 10.2. The lowest BCUT2D eigenvalue weighted by Gasteiger charge is -2.06. The van der Waals surface area contributed by atoms with Gasteiger partial charge >= 0.3 is 0 Å². The Morgan fingerprint density at radius 3 is 2.95 bits per heavy atom. The third-order valence-corrected chi connectivity index (χ3v) is 3.26. The monoisotopic (exact) mass is 288 g/mol. The van der Waals surface area contributed by atoms with Crippen LogP contribution in [0.25, 0.3) is 5.65 Å². The second-order valence-electron chi connectivity index (χ2n) is 4.42. The third kappa shape index (κ3) is 2.59. The lowest BCUT2D eigenvalue weighted by Crippen LogP contribution is -2.15. The SMILES string of the molecule is Oc1ccc(Cl)cc1CNCc1nnc2ccccn12. The Hall–Kier alpha value is -2.11. The van der Waals surface area contributed by atoms with Gasteiger partial charge < -0.3 is 10.4 Å². The molecule has 0 atom stereocenters. The predicted octanol–water partition coefficient (Wildman–Crippen LogP) is 2.38. The second kappa shape index (κ2) is 5.48. The molecule has 0 fully saturated rings. The maximum Gasteiger partial charge on any atom is 0.160 e. The minimum Gasteiger partial charge on any atom is -0.508 e. The van der Waals surface area contributed by atoms with E-state index in [1.807, 2.05) is 28.8 Å². The zero-order valence-electron chi connectivity index (χ0n) is 10.6. The Morgan fingerprint density at radius 2 is 2.05 bits per heavy atom. The molecular weight excluding hydrogens is 276 g/mol. The summed E-state index contributed by atoms with van der Waals surface area (Å²) >= 11 is 5.91. The van der Waals surface area contributed by atoms with Crippen LogP contribution in [0, 0.1) is 0 Å². The van der Waals surface area contributed by atoms with Crippen molar-refractivity contribution < 1.29 is 5.11 Å². The molecule has 0 aliphatic carbocycles. The first-order valence-corrected chi connectivity index (χ1v) is 6.58. The number of fused-ring (bicyclic) bond motifs is 1. The number of hydrogen-bond acceptors (Lipinski definition) is 4. The van der Waals surface area contributed by atoms with E-state index in [0.29, 0.717) is 18.1 Å². The number of rotatable bonds is 4. The van der Waals surface area contributed by atoms with Gasteiger partial charge in [0, 0.05) is 23.3 Å². The zero-order chi connectivity index (χ0) is 13.9. The molecule has 2 heterocycles. The molecule has 0 saturated carbocycles. The van der Waals surface area contributed by atoms with Crippen molar-refractivity contribution in [2.45, 2.75) is 13.1 Å². The molecule has 0 bridgehead atoms. The zero-order valence-corrected chi connectivity index (χ0v) is 11.4. The van der Waals surface area contributed by atoms with Gasteiger partial charge in [-0.1, -0.05) is 17.7 Å². The summed E-state index contributed by atoms with van der Waals surface area (Å²) < 4.78 is 1.92. The van der Waals surface area contributed by atoms with Crippen LogP contribution in [0.1, 0.15) is 11.4 Å². The van der Waals surface area contributed by atoms with E-state index in [4.69, 9.17) is 11.6 Å². The Kier molecular flexibility index (Phi) is 3.54. The van der Waals surface area contributed by atoms with Gasteiger partial charge in [-0.15, -0.1) is 10.2 Å². The van der Waals surface area contributed by atoms with E-state index in [-0.39, 0.29) is 5.75 Å². The summed E-state index contributed by atoms with van der Waals surface area (Å²) in [6.45, 7) is 1.06. The third-order valence-electron chi connectivity index (χ3n) is 3.02. The number of nitrogens with zero attached hydrogens (tertiary/aromatic N) is 3. The van der Waals surface area contributed by atoms with Crippen molar-refractivity contribution in [2.75, 3.05) is 0 Å². The number of nitrogens with one attached hydrogen (secondary N) is 1. The normalized spacial score (nSPS) is 11.1. The number of pyridine rings is 1. The highest BCUT2D eigenvalue weighted by Gasteiger charge is 2.05. The van der Waals surface area contributed by atoms with Gasteiger partial charge in [0.2, 0.25) is 0 Å². The summed E-state index contributed by atoms with van der Waals surface area (Å²) in [4.78, 5) is 0. The molecule has 0 aliphatic heterocycles. The molecule has 3 rings (SSSR count). The Bertz CT molecular complexity index is 741. The molecule has 3 aromatic rings. The van der Waals surface area contributed by atoms with Crippen LogP contribution in [0.4, 0.5) is 0 Å². The molecule has 0 amide bonds. The predicted molar refractivity (Wildman–Crippen MR) is 76.6 cm³/mol. The van der Waals surface area contributed by atoms with Gasteiger partial charge in [-0.25, -0.2) is 0 Å². The van der Waals surface area contributed by atoms with Gasteiger partial charge in [0.05, 0.1) is 6.54 Å². The van der Waals surface area contributed by atoms with Crippen molar-refractivity contribution in [2.24, 2.45) is 0 Å². The Labute approximate surface area is 120 Å². The first kappa shape index (κ1) is 12.9. The largest absolute Gasteiger partial charge is 0.508 e. The molecule has 1 aromatic carbocycles. The van der Waals surface area contributed by atoms with Crippen LogP contribution >= 0.6 is 11.6 Å². The molecule has 0 radical (unpaired) electrons. The van der Waals surface area contributed by atoms with E-state index in [2.05, 4.69) is 15.5 Å². The summed E-state index contributed by atoms with van der Waals surface area (Å²) in [6.07, 6.45) is 1.92. The van der Waals surface area contributed by atoms with Crippen LogP contribution in [0.2, 0.25) is 5.02 Å². The summed E-state index contributed by atoms with van der Waals surface area (Å²) in [6, 6.07) is 10.7. The molecule has 6 heteroatoms. The van der Waals surface area contributed by atoms with Crippen LogP contribution in [0.3, 0.4) is 0 Å². The van der Waals surface area contributed by atoms with E-state index >= 15 is 0 Å². The number of aromatic hydroxyl groups is 1. The summed E-state index contributed by atoms with van der Waals surface area (Å²) in [5, 5.41) is 21.8. The highest BCUT2D eigenvalue weighted by molar-refractivity contribution is 6.30. The number of halogens is 1. The Morgan fingerprint density at radius 1 is 1.15 bits per heavy atom. The van der Waals surface area contributed by atoms with E-state index in [1.54, 1.807) is 18.2 Å². The summed E-state index contributed by atoms with van der Waals surface area (Å²) in [5.41, 5.74) is 1.57. The number of benzene rings is 1. The number of phenols is 1. The summed E-state index contributed by atoms with van der Waals surface area (Å²) in [7, 11) is 0. The molecule has 0 aliphatic rings.